The van der Waals surface area contributed by atoms with Crippen molar-refractivity contribution in [2.24, 2.45) is 5.92 Å². The Balaban J connectivity index is 0.672. The first-order valence-electron chi connectivity index (χ1n) is 23.9. The standard InChI is InChI=1S/C49H57N11O7/c1-29-38-27-51-48(54-43(38)59(34-5-3-4-6-34)47(66)42(29)30(2)61)52-40-11-8-35(26-50-40)56-23-21-55(22-24-56)28-31-13-17-57(18-14-31)49(67)58-19-15-32(16-20-58)33-7-9-36-37(25-33)46(65)60(45(36)64)39-10-12-41(62)53-44(39)63/h7-9,11,25-27,31-32,34,39H,3-6,10,12-24,28H2,1-2H3,(H,53,62,63)(H,50,51,52,54). The van der Waals surface area contributed by atoms with Gasteiger partial charge in [-0.3, -0.25) is 48.5 Å². The molecule has 0 bridgehead atoms. The summed E-state index contributed by atoms with van der Waals surface area (Å²) in [5, 5.41) is 6.17. The SMILES string of the molecule is CC(=O)c1c(C)c2cnc(Nc3ccc(N4CCN(CC5CCN(C(=O)N6CCC(c7ccc8c(c7)C(=O)N(C7CCC(=O)NC7=O)C8=O)CC6)CC5)CC4)cn3)nc2n(C2CCCC2)c1=O. The Morgan fingerprint density at radius 3 is 2.15 bits per heavy atom. The molecule has 4 aromatic rings. The lowest BCUT2D eigenvalue weighted by molar-refractivity contribution is -0.136. The summed E-state index contributed by atoms with van der Waals surface area (Å²) in [6.07, 6.45) is 11.0. The number of aromatic nitrogens is 4. The van der Waals surface area contributed by atoms with Crippen LogP contribution in [0.4, 0.5) is 22.2 Å². The minimum atomic E-state index is -0.994. The van der Waals surface area contributed by atoms with E-state index < -0.39 is 29.7 Å². The van der Waals surface area contributed by atoms with Gasteiger partial charge in [-0.05, 0) is 106 Å². The summed E-state index contributed by atoms with van der Waals surface area (Å²) in [6, 6.07) is 8.40. The second kappa shape index (κ2) is 18.3. The molecule has 5 fully saturated rings. The van der Waals surface area contributed by atoms with Crippen molar-refractivity contribution in [2.75, 3.05) is 69.1 Å². The lowest BCUT2D eigenvalue weighted by Gasteiger charge is -2.41. The van der Waals surface area contributed by atoms with Crippen LogP contribution < -0.4 is 21.1 Å². The van der Waals surface area contributed by atoms with E-state index in [9.17, 15) is 33.6 Å². The van der Waals surface area contributed by atoms with Gasteiger partial charge < -0.3 is 20.0 Å². The first-order chi connectivity index (χ1) is 32.4. The van der Waals surface area contributed by atoms with Gasteiger partial charge in [0.15, 0.2) is 5.78 Å². The Bertz CT molecular complexity index is 2710. The highest BCUT2D eigenvalue weighted by atomic mass is 16.2. The zero-order valence-corrected chi connectivity index (χ0v) is 38.2. The number of hydrogen-bond acceptors (Lipinski definition) is 13. The lowest BCUT2D eigenvalue weighted by atomic mass is 9.88. The number of piperidine rings is 3. The summed E-state index contributed by atoms with van der Waals surface area (Å²) in [7, 11) is 0. The molecule has 1 aromatic carbocycles. The highest BCUT2D eigenvalue weighted by molar-refractivity contribution is 6.23. The van der Waals surface area contributed by atoms with Crippen LogP contribution >= 0.6 is 0 Å². The Hall–Kier alpha value is -6.56. The quantitative estimate of drug-likeness (QED) is 0.172. The molecule has 18 nitrogen and oxygen atoms in total. The molecule has 1 aliphatic carbocycles. The molecule has 6 aliphatic rings. The predicted molar refractivity (Wildman–Crippen MR) is 249 cm³/mol. The number of aryl methyl sites for hydroxylation is 1. The summed E-state index contributed by atoms with van der Waals surface area (Å²) in [5.41, 5.74) is 3.64. The molecule has 6 amide bonds. The Labute approximate surface area is 388 Å². The van der Waals surface area contributed by atoms with Crippen LogP contribution in [0.2, 0.25) is 0 Å². The molecule has 1 unspecified atom stereocenters. The molecule has 10 rings (SSSR count). The number of piperazine rings is 1. The lowest BCUT2D eigenvalue weighted by Crippen LogP contribution is -2.54. The fourth-order valence-corrected chi connectivity index (χ4v) is 11.3. The summed E-state index contributed by atoms with van der Waals surface area (Å²) >= 11 is 0. The maximum atomic E-state index is 13.7. The fourth-order valence-electron chi connectivity index (χ4n) is 11.3. The molecule has 4 saturated heterocycles. The van der Waals surface area contributed by atoms with E-state index in [2.05, 4.69) is 36.5 Å². The van der Waals surface area contributed by atoms with Crippen molar-refractivity contribution >= 4 is 63.9 Å². The number of Topliss-reactive ketones (excluding diaryl/α,β-unsaturated/α-hetero) is 1. The minimum absolute atomic E-state index is 0.00336. The number of hydrogen-bond donors (Lipinski definition) is 2. The zero-order valence-electron chi connectivity index (χ0n) is 38.2. The Kier molecular flexibility index (Phi) is 12.1. The monoisotopic (exact) mass is 911 g/mol. The molecule has 350 valence electrons. The molecule has 67 heavy (non-hydrogen) atoms. The van der Waals surface area contributed by atoms with Gasteiger partial charge in [0.05, 0.1) is 28.6 Å². The number of rotatable bonds is 9. The Morgan fingerprint density at radius 1 is 0.776 bits per heavy atom. The van der Waals surface area contributed by atoms with Crippen LogP contribution in [0.5, 0.6) is 0 Å². The van der Waals surface area contributed by atoms with Gasteiger partial charge in [-0.2, -0.15) is 4.98 Å². The van der Waals surface area contributed by atoms with Crippen LogP contribution in [-0.4, -0.2) is 140 Å². The molecule has 3 aromatic heterocycles. The van der Waals surface area contributed by atoms with E-state index in [4.69, 9.17) is 4.98 Å². The van der Waals surface area contributed by atoms with E-state index in [1.165, 1.54) is 6.92 Å². The number of amides is 6. The van der Waals surface area contributed by atoms with E-state index in [1.54, 1.807) is 29.8 Å². The van der Waals surface area contributed by atoms with Gasteiger partial charge in [-0.15, -0.1) is 0 Å². The van der Waals surface area contributed by atoms with Gasteiger partial charge in [0, 0.05) is 82.9 Å². The zero-order chi connectivity index (χ0) is 46.5. The number of fused-ring (bicyclic) bond motifs is 2. The van der Waals surface area contributed by atoms with Crippen molar-refractivity contribution in [3.05, 3.63) is 80.9 Å². The van der Waals surface area contributed by atoms with Gasteiger partial charge in [0.2, 0.25) is 17.8 Å². The van der Waals surface area contributed by atoms with Crippen LogP contribution in [0.25, 0.3) is 11.0 Å². The molecule has 18 heteroatoms. The highest BCUT2D eigenvalue weighted by Crippen LogP contribution is 2.35. The van der Waals surface area contributed by atoms with Crippen molar-refractivity contribution in [1.82, 2.24) is 44.4 Å². The van der Waals surface area contributed by atoms with E-state index in [0.717, 1.165) is 113 Å². The average molecular weight is 912 g/mol. The molecule has 0 spiro atoms. The molecule has 0 radical (unpaired) electrons. The van der Waals surface area contributed by atoms with Gasteiger partial charge in [0.25, 0.3) is 17.4 Å². The summed E-state index contributed by atoms with van der Waals surface area (Å²) < 4.78 is 1.71. The second-order valence-electron chi connectivity index (χ2n) is 19.1. The molecular weight excluding hydrogens is 855 g/mol. The van der Waals surface area contributed by atoms with Crippen molar-refractivity contribution in [3.8, 4) is 0 Å². The van der Waals surface area contributed by atoms with E-state index in [1.807, 2.05) is 28.1 Å². The number of urea groups is 1. The van der Waals surface area contributed by atoms with Crippen molar-refractivity contribution < 1.29 is 28.8 Å². The first kappa shape index (κ1) is 44.3. The molecule has 5 aliphatic heterocycles. The van der Waals surface area contributed by atoms with Crippen LogP contribution in [0.3, 0.4) is 0 Å². The fraction of sp³-hybridized carbons (Fsp3) is 0.510. The molecule has 2 N–H and O–H groups in total. The van der Waals surface area contributed by atoms with Gasteiger partial charge >= 0.3 is 6.03 Å². The number of nitrogens with zero attached hydrogens (tertiary/aromatic N) is 9. The highest BCUT2D eigenvalue weighted by Gasteiger charge is 2.45. The third-order valence-corrected chi connectivity index (χ3v) is 15.1. The maximum absolute atomic E-state index is 13.7. The number of ketones is 1. The number of pyridine rings is 2. The number of nitrogens with one attached hydrogen (secondary N) is 2. The number of likely N-dealkylation sites (tertiary alicyclic amines) is 2. The molecule has 8 heterocycles. The van der Waals surface area contributed by atoms with Crippen molar-refractivity contribution in [1.29, 1.82) is 0 Å². The van der Waals surface area contributed by atoms with Crippen LogP contribution in [0.15, 0.2) is 47.5 Å². The third kappa shape index (κ3) is 8.55. The van der Waals surface area contributed by atoms with Crippen LogP contribution in [0, 0.1) is 12.8 Å². The van der Waals surface area contributed by atoms with Gasteiger partial charge in [-0.25, -0.2) is 14.8 Å². The van der Waals surface area contributed by atoms with E-state index in [-0.39, 0.29) is 53.3 Å². The first-order valence-corrected chi connectivity index (χ1v) is 23.9. The van der Waals surface area contributed by atoms with Crippen molar-refractivity contribution in [3.63, 3.8) is 0 Å². The Morgan fingerprint density at radius 2 is 1.48 bits per heavy atom. The van der Waals surface area contributed by atoms with Crippen LogP contribution in [0.1, 0.15) is 125 Å². The topological polar surface area (TPSA) is 203 Å². The van der Waals surface area contributed by atoms with Gasteiger partial charge in [0.1, 0.15) is 17.5 Å². The number of benzene rings is 1. The smallest absolute Gasteiger partial charge is 0.319 e. The summed E-state index contributed by atoms with van der Waals surface area (Å²) in [6.45, 7) is 10.6. The van der Waals surface area contributed by atoms with Gasteiger partial charge in [-0.1, -0.05) is 18.9 Å². The summed E-state index contributed by atoms with van der Waals surface area (Å²) in [5.74, 6) is -0.684. The number of carbonyl (C=O) groups is 6. The minimum Gasteiger partial charge on any atom is -0.368 e. The number of anilines is 3. The van der Waals surface area contributed by atoms with Crippen LogP contribution in [-0.2, 0) is 9.59 Å². The predicted octanol–water partition coefficient (Wildman–Crippen LogP) is 4.79. The second-order valence-corrected chi connectivity index (χ2v) is 19.1. The molecule has 1 atom stereocenters. The number of carbonyl (C=O) groups excluding carboxylic acids is 6. The average Bonchev–Trinajstić information content (AvgIpc) is 3.95. The molecule has 1 saturated carbocycles. The van der Waals surface area contributed by atoms with E-state index >= 15 is 0 Å². The summed E-state index contributed by atoms with van der Waals surface area (Å²) in [4.78, 5) is 114. The largest absolute Gasteiger partial charge is 0.368 e. The van der Waals surface area contributed by atoms with Crippen molar-refractivity contribution in [2.45, 2.75) is 96.1 Å². The third-order valence-electron chi connectivity index (χ3n) is 15.1. The number of imide groups is 2. The normalized spacial score (nSPS) is 21.4. The molecular formula is C49H57N11O7. The maximum Gasteiger partial charge on any atom is 0.319 e. The van der Waals surface area contributed by atoms with E-state index in [0.29, 0.717) is 52.9 Å².